The monoisotopic (exact) mass is 330 g/mol. The number of para-hydroxylation sites is 1. The van der Waals surface area contributed by atoms with Gasteiger partial charge in [0.25, 0.3) is 0 Å². The maximum Gasteiger partial charge on any atom is 0.131 e. The van der Waals surface area contributed by atoms with Crippen LogP contribution in [0.5, 0.6) is 5.75 Å². The summed E-state index contributed by atoms with van der Waals surface area (Å²) in [6.07, 6.45) is 1.88. The number of fused-ring (bicyclic) bond motifs is 1. The Morgan fingerprint density at radius 2 is 2.09 bits per heavy atom. The zero-order valence-electron chi connectivity index (χ0n) is 12.9. The van der Waals surface area contributed by atoms with E-state index in [0.717, 1.165) is 44.1 Å². The van der Waals surface area contributed by atoms with Crippen LogP contribution < -0.4 is 4.74 Å². The summed E-state index contributed by atoms with van der Waals surface area (Å²) < 4.78 is 6.58. The minimum absolute atomic E-state index is 0.816. The highest BCUT2D eigenvalue weighted by Crippen LogP contribution is 2.36. The predicted octanol–water partition coefficient (Wildman–Crippen LogP) is 4.87. The van der Waals surface area contributed by atoms with Gasteiger partial charge in [0.1, 0.15) is 10.1 Å². The summed E-state index contributed by atoms with van der Waals surface area (Å²) in [6, 6.07) is 8.33. The Labute approximate surface area is 139 Å². The summed E-state index contributed by atoms with van der Waals surface area (Å²) >= 11 is 3.55. The maximum atomic E-state index is 5.47. The summed E-state index contributed by atoms with van der Waals surface area (Å²) in [5.74, 6) is 2.75. The fourth-order valence-corrected chi connectivity index (χ4v) is 4.52. The number of aryl methyl sites for hydroxylation is 1. The molecule has 0 N–H and O–H groups in total. The zero-order chi connectivity index (χ0) is 15.5. The highest BCUT2D eigenvalue weighted by atomic mass is 32.2. The molecular formula is C17H18N2OS2. The lowest BCUT2D eigenvalue weighted by Crippen LogP contribution is -2.01. The van der Waals surface area contributed by atoms with Crippen molar-refractivity contribution in [3.63, 3.8) is 0 Å². The van der Waals surface area contributed by atoms with Crippen LogP contribution in [-0.2, 0) is 11.5 Å². The molecule has 1 aliphatic rings. The third-order valence-corrected chi connectivity index (χ3v) is 5.89. The lowest BCUT2D eigenvalue weighted by Gasteiger charge is -2.15. The SMILES string of the molecule is COc1c(C)cnc(CSC2=Nc3ccccc3CS2)c1C. The number of rotatable bonds is 3. The molecular weight excluding hydrogens is 312 g/mol. The van der Waals surface area contributed by atoms with E-state index in [1.807, 2.05) is 19.2 Å². The van der Waals surface area contributed by atoms with Crippen molar-refractivity contribution in [2.24, 2.45) is 4.99 Å². The third-order valence-electron chi connectivity index (χ3n) is 3.64. The number of hydrogen-bond acceptors (Lipinski definition) is 5. The lowest BCUT2D eigenvalue weighted by molar-refractivity contribution is 0.407. The van der Waals surface area contributed by atoms with Crippen LogP contribution in [0.2, 0.25) is 0 Å². The van der Waals surface area contributed by atoms with E-state index in [0.29, 0.717) is 0 Å². The first-order chi connectivity index (χ1) is 10.7. The number of pyridine rings is 1. The van der Waals surface area contributed by atoms with E-state index in [2.05, 4.69) is 30.1 Å². The molecule has 0 unspecified atom stereocenters. The van der Waals surface area contributed by atoms with Gasteiger partial charge in [-0.3, -0.25) is 4.98 Å². The molecule has 0 saturated carbocycles. The molecule has 0 saturated heterocycles. The van der Waals surface area contributed by atoms with Crippen molar-refractivity contribution in [1.29, 1.82) is 0 Å². The largest absolute Gasteiger partial charge is 0.496 e. The van der Waals surface area contributed by atoms with E-state index in [4.69, 9.17) is 9.73 Å². The van der Waals surface area contributed by atoms with Crippen LogP contribution in [0.25, 0.3) is 0 Å². The smallest absolute Gasteiger partial charge is 0.131 e. The van der Waals surface area contributed by atoms with Crippen molar-refractivity contribution in [1.82, 2.24) is 4.98 Å². The molecule has 5 heteroatoms. The van der Waals surface area contributed by atoms with Gasteiger partial charge in [-0.05, 0) is 25.5 Å². The van der Waals surface area contributed by atoms with Gasteiger partial charge in [0.2, 0.25) is 0 Å². The van der Waals surface area contributed by atoms with E-state index in [9.17, 15) is 0 Å². The Morgan fingerprint density at radius 3 is 2.91 bits per heavy atom. The molecule has 22 heavy (non-hydrogen) atoms. The molecule has 1 aliphatic heterocycles. The van der Waals surface area contributed by atoms with Crippen LogP contribution in [0.4, 0.5) is 5.69 Å². The molecule has 2 aromatic rings. The van der Waals surface area contributed by atoms with Crippen molar-refractivity contribution in [3.8, 4) is 5.75 Å². The molecule has 2 heterocycles. The molecule has 0 spiro atoms. The standard InChI is InChI=1S/C17H18N2OS2/c1-11-8-18-15(12(2)16(11)20-3)10-22-17-19-14-7-5-4-6-13(14)9-21-17/h4-8H,9-10H2,1-3H3. The van der Waals surface area contributed by atoms with E-state index < -0.39 is 0 Å². The van der Waals surface area contributed by atoms with Gasteiger partial charge < -0.3 is 4.74 Å². The Morgan fingerprint density at radius 1 is 1.27 bits per heavy atom. The molecule has 3 nitrogen and oxygen atoms in total. The number of aliphatic imine (C=N–C) groups is 1. The Kier molecular flexibility index (Phi) is 4.74. The van der Waals surface area contributed by atoms with Crippen molar-refractivity contribution >= 4 is 33.6 Å². The van der Waals surface area contributed by atoms with E-state index >= 15 is 0 Å². The normalized spacial score (nSPS) is 13.5. The molecule has 0 bridgehead atoms. The van der Waals surface area contributed by atoms with E-state index in [-0.39, 0.29) is 0 Å². The predicted molar refractivity (Wildman–Crippen MR) is 96.4 cm³/mol. The van der Waals surface area contributed by atoms with E-state index in [1.165, 1.54) is 5.56 Å². The van der Waals surface area contributed by atoms with Crippen LogP contribution in [0.15, 0.2) is 35.5 Å². The molecule has 0 atom stereocenters. The van der Waals surface area contributed by atoms with Crippen molar-refractivity contribution in [3.05, 3.63) is 52.8 Å². The van der Waals surface area contributed by atoms with Gasteiger partial charge in [-0.2, -0.15) is 0 Å². The van der Waals surface area contributed by atoms with Crippen LogP contribution in [0.3, 0.4) is 0 Å². The minimum Gasteiger partial charge on any atom is -0.496 e. The molecule has 114 valence electrons. The number of methoxy groups -OCH3 is 1. The molecule has 1 aromatic heterocycles. The highest BCUT2D eigenvalue weighted by Gasteiger charge is 2.15. The Bertz CT molecular complexity index is 729. The zero-order valence-corrected chi connectivity index (χ0v) is 14.6. The number of nitrogens with zero attached hydrogens (tertiary/aromatic N) is 2. The Balaban J connectivity index is 1.75. The van der Waals surface area contributed by atoms with Crippen molar-refractivity contribution in [2.75, 3.05) is 7.11 Å². The van der Waals surface area contributed by atoms with Crippen molar-refractivity contribution in [2.45, 2.75) is 25.4 Å². The molecule has 0 aliphatic carbocycles. The second-order valence-corrected chi connectivity index (χ2v) is 7.32. The molecule has 0 fully saturated rings. The first kappa shape index (κ1) is 15.4. The number of hydrogen-bond donors (Lipinski definition) is 0. The highest BCUT2D eigenvalue weighted by molar-refractivity contribution is 8.38. The average molecular weight is 330 g/mol. The summed E-state index contributed by atoms with van der Waals surface area (Å²) in [6.45, 7) is 4.09. The van der Waals surface area contributed by atoms with Crippen LogP contribution >= 0.6 is 23.5 Å². The molecule has 0 amide bonds. The maximum absolute atomic E-state index is 5.47. The lowest BCUT2D eigenvalue weighted by atomic mass is 10.1. The van der Waals surface area contributed by atoms with Gasteiger partial charge in [-0.15, -0.1) is 0 Å². The van der Waals surface area contributed by atoms with Crippen LogP contribution in [0.1, 0.15) is 22.4 Å². The van der Waals surface area contributed by atoms with Crippen LogP contribution in [0, 0.1) is 13.8 Å². The number of ether oxygens (including phenoxy) is 1. The quantitative estimate of drug-likeness (QED) is 0.804. The Hall–Kier alpha value is -1.46. The first-order valence-corrected chi connectivity index (χ1v) is 9.07. The third kappa shape index (κ3) is 3.15. The van der Waals surface area contributed by atoms with Gasteiger partial charge in [-0.25, -0.2) is 4.99 Å². The number of thioether (sulfide) groups is 2. The number of benzene rings is 1. The second kappa shape index (κ2) is 6.75. The van der Waals surface area contributed by atoms with E-state index in [1.54, 1.807) is 30.6 Å². The van der Waals surface area contributed by atoms with Gasteiger partial charge in [0.15, 0.2) is 0 Å². The topological polar surface area (TPSA) is 34.5 Å². The fraction of sp³-hybridized carbons (Fsp3) is 0.294. The fourth-order valence-electron chi connectivity index (χ4n) is 2.43. The summed E-state index contributed by atoms with van der Waals surface area (Å²) in [7, 11) is 1.71. The molecule has 0 radical (unpaired) electrons. The first-order valence-electron chi connectivity index (χ1n) is 7.10. The molecule has 3 rings (SSSR count). The van der Waals surface area contributed by atoms with Gasteiger partial charge in [-0.1, -0.05) is 41.7 Å². The van der Waals surface area contributed by atoms with Gasteiger partial charge in [0.05, 0.1) is 18.5 Å². The summed E-state index contributed by atoms with van der Waals surface area (Å²) in [5.41, 5.74) is 5.66. The molecule has 1 aromatic carbocycles. The number of aromatic nitrogens is 1. The van der Waals surface area contributed by atoms with Gasteiger partial charge >= 0.3 is 0 Å². The van der Waals surface area contributed by atoms with Crippen molar-refractivity contribution < 1.29 is 4.74 Å². The minimum atomic E-state index is 0.816. The summed E-state index contributed by atoms with van der Waals surface area (Å²) in [5, 5.41) is 0. The summed E-state index contributed by atoms with van der Waals surface area (Å²) in [4.78, 5) is 9.28. The second-order valence-electron chi connectivity index (χ2n) is 5.13. The van der Waals surface area contributed by atoms with Gasteiger partial charge in [0, 0.05) is 28.8 Å². The van der Waals surface area contributed by atoms with Crippen LogP contribution in [-0.4, -0.2) is 16.5 Å². The average Bonchev–Trinajstić information content (AvgIpc) is 2.54.